The predicted molar refractivity (Wildman–Crippen MR) is 77.2 cm³/mol. The summed E-state index contributed by atoms with van der Waals surface area (Å²) in [5, 5.41) is 1.02. The molecule has 102 valence electrons. The molecule has 4 nitrogen and oxygen atoms in total. The quantitative estimate of drug-likeness (QED) is 0.934. The Kier molecular flexibility index (Phi) is 4.07. The average molecular weight is 278 g/mol. The van der Waals surface area contributed by atoms with E-state index in [0.717, 1.165) is 32.6 Å². The van der Waals surface area contributed by atoms with Crippen molar-refractivity contribution in [2.24, 2.45) is 5.73 Å². The van der Waals surface area contributed by atoms with Gasteiger partial charge in [0.15, 0.2) is 0 Å². The molecule has 0 saturated heterocycles. The topological polar surface area (TPSA) is 57.4 Å². The Morgan fingerprint density at radius 3 is 2.47 bits per heavy atom. The van der Waals surface area contributed by atoms with E-state index in [1.165, 1.54) is 0 Å². The van der Waals surface area contributed by atoms with Gasteiger partial charge in [-0.2, -0.15) is 0 Å². The maximum atomic E-state index is 6.35. The lowest BCUT2D eigenvalue weighted by Crippen LogP contribution is -2.13. The molecule has 0 bridgehead atoms. The maximum Gasteiger partial charge on any atom is 0.127 e. The molecular formula is C14H18N2O2S. The second-order valence-electron chi connectivity index (χ2n) is 4.27. The van der Waals surface area contributed by atoms with Crippen LogP contribution in [-0.2, 0) is 0 Å². The second kappa shape index (κ2) is 5.59. The Bertz CT molecular complexity index is 581. The minimum Gasteiger partial charge on any atom is -0.497 e. The van der Waals surface area contributed by atoms with Crippen LogP contribution >= 0.6 is 11.3 Å². The molecule has 19 heavy (non-hydrogen) atoms. The Morgan fingerprint density at radius 1 is 1.21 bits per heavy atom. The average Bonchev–Trinajstić information content (AvgIpc) is 2.76. The summed E-state index contributed by atoms with van der Waals surface area (Å²) in [6, 6.07) is 5.45. The van der Waals surface area contributed by atoms with E-state index in [1.54, 1.807) is 25.6 Å². The summed E-state index contributed by atoms with van der Waals surface area (Å²) >= 11 is 1.62. The van der Waals surface area contributed by atoms with Crippen molar-refractivity contribution < 1.29 is 9.47 Å². The van der Waals surface area contributed by atoms with E-state index in [1.807, 2.05) is 32.0 Å². The van der Waals surface area contributed by atoms with Crippen LogP contribution in [0.2, 0.25) is 0 Å². The van der Waals surface area contributed by atoms with Crippen molar-refractivity contribution in [2.75, 3.05) is 14.2 Å². The van der Waals surface area contributed by atoms with Crippen LogP contribution in [0.5, 0.6) is 11.5 Å². The Hall–Kier alpha value is -1.59. The lowest BCUT2D eigenvalue weighted by molar-refractivity contribution is 0.390. The number of nitrogens with zero attached hydrogens (tertiary/aromatic N) is 1. The number of aromatic nitrogens is 1. The van der Waals surface area contributed by atoms with Crippen molar-refractivity contribution in [3.8, 4) is 11.5 Å². The van der Waals surface area contributed by atoms with Crippen LogP contribution in [0.3, 0.4) is 0 Å². The summed E-state index contributed by atoms with van der Waals surface area (Å²) in [6.45, 7) is 3.97. The largest absolute Gasteiger partial charge is 0.497 e. The molecule has 0 aliphatic carbocycles. The minimum absolute atomic E-state index is 0.230. The fourth-order valence-electron chi connectivity index (χ4n) is 2.05. The molecule has 2 N–H and O–H groups in total. The Morgan fingerprint density at radius 2 is 1.95 bits per heavy atom. The maximum absolute atomic E-state index is 6.35. The number of hydrogen-bond donors (Lipinski definition) is 1. The highest BCUT2D eigenvalue weighted by molar-refractivity contribution is 7.11. The first-order valence-electron chi connectivity index (χ1n) is 5.98. The molecule has 0 aliphatic heterocycles. The zero-order valence-corrected chi connectivity index (χ0v) is 12.4. The molecule has 1 aromatic carbocycles. The molecule has 2 aromatic rings. The first kappa shape index (κ1) is 13.8. The van der Waals surface area contributed by atoms with Crippen molar-refractivity contribution in [3.63, 3.8) is 0 Å². The lowest BCUT2D eigenvalue weighted by atomic mass is 10.0. The standard InChI is InChI=1S/C14H18N2O2S/c1-8-14(19-9(2)16-8)13(15)11-6-5-10(17-3)7-12(11)18-4/h5-7,13H,15H2,1-4H3. The minimum atomic E-state index is -0.230. The van der Waals surface area contributed by atoms with Crippen LogP contribution in [0.4, 0.5) is 0 Å². The predicted octanol–water partition coefficient (Wildman–Crippen LogP) is 2.83. The van der Waals surface area contributed by atoms with Crippen molar-refractivity contribution >= 4 is 11.3 Å². The molecule has 5 heteroatoms. The van der Waals surface area contributed by atoms with E-state index in [-0.39, 0.29) is 6.04 Å². The van der Waals surface area contributed by atoms with Crippen LogP contribution in [0, 0.1) is 13.8 Å². The number of rotatable bonds is 4. The molecule has 0 spiro atoms. The van der Waals surface area contributed by atoms with Gasteiger partial charge in [0.1, 0.15) is 11.5 Å². The van der Waals surface area contributed by atoms with Gasteiger partial charge in [0.25, 0.3) is 0 Å². The summed E-state index contributed by atoms with van der Waals surface area (Å²) in [7, 11) is 3.26. The number of aryl methyl sites for hydroxylation is 2. The summed E-state index contributed by atoms with van der Waals surface area (Å²) in [4.78, 5) is 5.49. The monoisotopic (exact) mass is 278 g/mol. The van der Waals surface area contributed by atoms with Crippen LogP contribution in [0.25, 0.3) is 0 Å². The molecule has 0 fully saturated rings. The molecule has 2 rings (SSSR count). The van der Waals surface area contributed by atoms with Crippen LogP contribution in [0.15, 0.2) is 18.2 Å². The van der Waals surface area contributed by atoms with Gasteiger partial charge >= 0.3 is 0 Å². The molecule has 1 atom stereocenters. The molecule has 0 amide bonds. The van der Waals surface area contributed by atoms with Crippen LogP contribution in [-0.4, -0.2) is 19.2 Å². The zero-order valence-electron chi connectivity index (χ0n) is 11.6. The van der Waals surface area contributed by atoms with E-state index in [4.69, 9.17) is 15.2 Å². The third-order valence-electron chi connectivity index (χ3n) is 3.00. The van der Waals surface area contributed by atoms with Gasteiger partial charge in [-0.15, -0.1) is 11.3 Å². The molecule has 0 radical (unpaired) electrons. The highest BCUT2D eigenvalue weighted by atomic mass is 32.1. The first-order chi connectivity index (χ1) is 9.06. The van der Waals surface area contributed by atoms with Crippen molar-refractivity contribution in [1.29, 1.82) is 0 Å². The van der Waals surface area contributed by atoms with Crippen molar-refractivity contribution in [2.45, 2.75) is 19.9 Å². The molecule has 1 unspecified atom stereocenters. The van der Waals surface area contributed by atoms with Gasteiger partial charge < -0.3 is 15.2 Å². The first-order valence-corrected chi connectivity index (χ1v) is 6.80. The van der Waals surface area contributed by atoms with Gasteiger partial charge in [0.2, 0.25) is 0 Å². The van der Waals surface area contributed by atoms with E-state index in [2.05, 4.69) is 4.98 Å². The third kappa shape index (κ3) is 2.72. The molecule has 0 aliphatic rings. The van der Waals surface area contributed by atoms with Crippen LogP contribution in [0.1, 0.15) is 27.2 Å². The summed E-state index contributed by atoms with van der Waals surface area (Å²) in [5.74, 6) is 1.49. The number of hydrogen-bond acceptors (Lipinski definition) is 5. The van der Waals surface area contributed by atoms with Crippen LogP contribution < -0.4 is 15.2 Å². The number of ether oxygens (including phenoxy) is 2. The Labute approximate surface area is 117 Å². The number of nitrogens with two attached hydrogens (primary N) is 1. The van der Waals surface area contributed by atoms with Crippen molar-refractivity contribution in [3.05, 3.63) is 39.3 Å². The van der Waals surface area contributed by atoms with Gasteiger partial charge in [-0.25, -0.2) is 4.98 Å². The van der Waals surface area contributed by atoms with E-state index in [0.29, 0.717) is 0 Å². The van der Waals surface area contributed by atoms with E-state index < -0.39 is 0 Å². The zero-order chi connectivity index (χ0) is 14.0. The summed E-state index contributed by atoms with van der Waals surface area (Å²) < 4.78 is 10.6. The van der Waals surface area contributed by atoms with Gasteiger partial charge in [-0.3, -0.25) is 0 Å². The molecule has 1 aromatic heterocycles. The van der Waals surface area contributed by atoms with Gasteiger partial charge in [-0.1, -0.05) is 0 Å². The second-order valence-corrected chi connectivity index (χ2v) is 5.50. The van der Waals surface area contributed by atoms with E-state index >= 15 is 0 Å². The molecule has 1 heterocycles. The number of methoxy groups -OCH3 is 2. The van der Waals surface area contributed by atoms with Gasteiger partial charge in [-0.05, 0) is 26.0 Å². The third-order valence-corrected chi connectivity index (χ3v) is 4.15. The number of thiazole rings is 1. The Balaban J connectivity index is 2.43. The number of benzene rings is 1. The normalized spacial score (nSPS) is 12.3. The van der Waals surface area contributed by atoms with E-state index in [9.17, 15) is 0 Å². The summed E-state index contributed by atoms with van der Waals surface area (Å²) in [5.41, 5.74) is 8.27. The van der Waals surface area contributed by atoms with Gasteiger partial charge in [0, 0.05) is 16.5 Å². The molecular weight excluding hydrogens is 260 g/mol. The highest BCUT2D eigenvalue weighted by Gasteiger charge is 2.19. The SMILES string of the molecule is COc1ccc(C(N)c2sc(C)nc2C)c(OC)c1. The highest BCUT2D eigenvalue weighted by Crippen LogP contribution is 2.34. The van der Waals surface area contributed by atoms with Crippen molar-refractivity contribution in [1.82, 2.24) is 4.98 Å². The molecule has 0 saturated carbocycles. The summed E-state index contributed by atoms with van der Waals surface area (Å²) in [6.07, 6.45) is 0. The smallest absolute Gasteiger partial charge is 0.127 e. The van der Waals surface area contributed by atoms with Gasteiger partial charge in [0.05, 0.1) is 31.0 Å². The fraction of sp³-hybridized carbons (Fsp3) is 0.357. The fourth-order valence-corrected chi connectivity index (χ4v) is 3.00. The lowest BCUT2D eigenvalue weighted by Gasteiger charge is -2.16.